The molecule has 0 spiro atoms. The van der Waals surface area contributed by atoms with E-state index in [1.165, 1.54) is 42.6 Å². The van der Waals surface area contributed by atoms with Gasteiger partial charge in [-0.2, -0.15) is 0 Å². The third-order valence-corrected chi connectivity index (χ3v) is 3.37. The molecule has 0 bridgehead atoms. The van der Waals surface area contributed by atoms with Gasteiger partial charge in [-0.05, 0) is 43.5 Å². The number of hydrogen-bond donors (Lipinski definition) is 0. The summed E-state index contributed by atoms with van der Waals surface area (Å²) in [6.07, 6.45) is 4.50. The predicted molar refractivity (Wildman–Crippen MR) is 67.9 cm³/mol. The normalized spacial score (nSPS) is 15.9. The molecule has 1 saturated heterocycles. The highest BCUT2D eigenvalue weighted by Crippen LogP contribution is 2.27. The summed E-state index contributed by atoms with van der Waals surface area (Å²) in [5.41, 5.74) is 3.83. The highest BCUT2D eigenvalue weighted by atomic mass is 15.1. The first kappa shape index (κ1) is 9.64. The van der Waals surface area contributed by atoms with Crippen molar-refractivity contribution < 1.29 is 0 Å². The van der Waals surface area contributed by atoms with Crippen LogP contribution in [0.4, 0.5) is 5.69 Å². The number of aromatic nitrogens is 1. The summed E-state index contributed by atoms with van der Waals surface area (Å²) in [6, 6.07) is 8.60. The monoisotopic (exact) mass is 212 g/mol. The second kappa shape index (κ2) is 3.78. The summed E-state index contributed by atoms with van der Waals surface area (Å²) in [5.74, 6) is 0. The number of rotatable bonds is 1. The first-order valence-corrected chi connectivity index (χ1v) is 5.95. The number of fused-ring (bicyclic) bond motifs is 1. The van der Waals surface area contributed by atoms with Gasteiger partial charge in [0.2, 0.25) is 0 Å². The zero-order valence-electron chi connectivity index (χ0n) is 9.61. The third kappa shape index (κ3) is 1.54. The Kier molecular flexibility index (Phi) is 2.28. The molecule has 16 heavy (non-hydrogen) atoms. The van der Waals surface area contributed by atoms with Crippen LogP contribution >= 0.6 is 0 Å². The lowest BCUT2D eigenvalue weighted by Gasteiger charge is -2.20. The van der Waals surface area contributed by atoms with Gasteiger partial charge >= 0.3 is 0 Å². The van der Waals surface area contributed by atoms with Gasteiger partial charge in [-0.15, -0.1) is 0 Å². The standard InChI is InChI=1S/C14H16N2/c1-11-9-12-5-4-6-15-13(12)10-14(11)16-7-2-3-8-16/h4-6,9-10H,2-3,7-8H2,1H3. The van der Waals surface area contributed by atoms with Gasteiger partial charge in [-0.3, -0.25) is 4.98 Å². The number of aryl methyl sites for hydroxylation is 1. The Morgan fingerprint density at radius 3 is 2.81 bits per heavy atom. The lowest BCUT2D eigenvalue weighted by molar-refractivity contribution is 0.949. The smallest absolute Gasteiger partial charge is 0.0722 e. The second-order valence-electron chi connectivity index (χ2n) is 4.53. The molecule has 1 aliphatic rings. The van der Waals surface area contributed by atoms with Gasteiger partial charge in [0.15, 0.2) is 0 Å². The van der Waals surface area contributed by atoms with E-state index < -0.39 is 0 Å². The fraction of sp³-hybridized carbons (Fsp3) is 0.357. The molecule has 0 unspecified atom stereocenters. The van der Waals surface area contributed by atoms with Crippen molar-refractivity contribution in [2.24, 2.45) is 0 Å². The van der Waals surface area contributed by atoms with Crippen molar-refractivity contribution in [3.8, 4) is 0 Å². The summed E-state index contributed by atoms with van der Waals surface area (Å²) >= 11 is 0. The van der Waals surface area contributed by atoms with E-state index in [0.29, 0.717) is 0 Å². The summed E-state index contributed by atoms with van der Waals surface area (Å²) in [7, 11) is 0. The lowest BCUT2D eigenvalue weighted by atomic mass is 10.1. The van der Waals surface area contributed by atoms with Crippen molar-refractivity contribution in [1.82, 2.24) is 4.98 Å². The molecule has 2 aromatic rings. The molecule has 0 saturated carbocycles. The Labute approximate surface area is 95.9 Å². The lowest BCUT2D eigenvalue weighted by Crippen LogP contribution is -2.18. The van der Waals surface area contributed by atoms with Crippen molar-refractivity contribution in [2.45, 2.75) is 19.8 Å². The first-order valence-electron chi connectivity index (χ1n) is 5.95. The van der Waals surface area contributed by atoms with Gasteiger partial charge in [0.1, 0.15) is 0 Å². The molecule has 3 rings (SSSR count). The van der Waals surface area contributed by atoms with Gasteiger partial charge in [0.25, 0.3) is 0 Å². The van der Waals surface area contributed by atoms with Gasteiger partial charge < -0.3 is 4.90 Å². The molecule has 1 fully saturated rings. The van der Waals surface area contributed by atoms with E-state index in [4.69, 9.17) is 0 Å². The average Bonchev–Trinajstić information content (AvgIpc) is 2.81. The number of benzene rings is 1. The van der Waals surface area contributed by atoms with Crippen molar-refractivity contribution >= 4 is 16.6 Å². The summed E-state index contributed by atoms with van der Waals surface area (Å²) < 4.78 is 0. The Bertz CT molecular complexity index is 513. The number of anilines is 1. The van der Waals surface area contributed by atoms with E-state index in [1.807, 2.05) is 12.3 Å². The topological polar surface area (TPSA) is 16.1 Å². The van der Waals surface area contributed by atoms with E-state index in [9.17, 15) is 0 Å². The maximum absolute atomic E-state index is 4.43. The minimum Gasteiger partial charge on any atom is -0.371 e. The number of hydrogen-bond acceptors (Lipinski definition) is 2. The molecule has 0 amide bonds. The molecule has 2 nitrogen and oxygen atoms in total. The zero-order valence-corrected chi connectivity index (χ0v) is 9.61. The van der Waals surface area contributed by atoms with Gasteiger partial charge in [-0.25, -0.2) is 0 Å². The van der Waals surface area contributed by atoms with Crippen LogP contribution in [0.5, 0.6) is 0 Å². The van der Waals surface area contributed by atoms with Crippen molar-refractivity contribution in [1.29, 1.82) is 0 Å². The van der Waals surface area contributed by atoms with Gasteiger partial charge in [0, 0.05) is 30.4 Å². The molecule has 82 valence electrons. The van der Waals surface area contributed by atoms with Crippen molar-refractivity contribution in [2.75, 3.05) is 18.0 Å². The first-order chi connectivity index (χ1) is 7.84. The maximum Gasteiger partial charge on any atom is 0.0722 e. The second-order valence-corrected chi connectivity index (χ2v) is 4.53. The SMILES string of the molecule is Cc1cc2cccnc2cc1N1CCCC1. The predicted octanol–water partition coefficient (Wildman–Crippen LogP) is 3.14. The molecule has 0 aliphatic carbocycles. The quantitative estimate of drug-likeness (QED) is 0.722. The fourth-order valence-corrected chi connectivity index (χ4v) is 2.52. The van der Waals surface area contributed by atoms with Crippen LogP contribution in [0.15, 0.2) is 30.5 Å². The van der Waals surface area contributed by atoms with Crippen LogP contribution in [-0.4, -0.2) is 18.1 Å². The third-order valence-electron chi connectivity index (χ3n) is 3.37. The number of nitrogens with zero attached hydrogens (tertiary/aromatic N) is 2. The minimum atomic E-state index is 1.11. The summed E-state index contributed by atoms with van der Waals surface area (Å²) in [4.78, 5) is 6.90. The van der Waals surface area contributed by atoms with Crippen LogP contribution in [0, 0.1) is 6.92 Å². The molecule has 2 heterocycles. The highest BCUT2D eigenvalue weighted by molar-refractivity contribution is 5.84. The molecular formula is C14H16N2. The van der Waals surface area contributed by atoms with E-state index in [0.717, 1.165) is 5.52 Å². The largest absolute Gasteiger partial charge is 0.371 e. The van der Waals surface area contributed by atoms with E-state index in [1.54, 1.807) is 0 Å². The van der Waals surface area contributed by atoms with Crippen LogP contribution in [0.1, 0.15) is 18.4 Å². The van der Waals surface area contributed by atoms with E-state index in [2.05, 4.69) is 35.0 Å². The summed E-state index contributed by atoms with van der Waals surface area (Å²) in [6.45, 7) is 4.58. The van der Waals surface area contributed by atoms with Gasteiger partial charge in [0.05, 0.1) is 5.52 Å². The van der Waals surface area contributed by atoms with E-state index >= 15 is 0 Å². The Morgan fingerprint density at radius 1 is 1.19 bits per heavy atom. The number of pyridine rings is 1. The molecule has 1 aromatic heterocycles. The van der Waals surface area contributed by atoms with Crippen LogP contribution < -0.4 is 4.90 Å². The average molecular weight is 212 g/mol. The Morgan fingerprint density at radius 2 is 2.00 bits per heavy atom. The van der Waals surface area contributed by atoms with Crippen molar-refractivity contribution in [3.63, 3.8) is 0 Å². The molecule has 1 aliphatic heterocycles. The Hall–Kier alpha value is -1.57. The van der Waals surface area contributed by atoms with Crippen LogP contribution in [0.2, 0.25) is 0 Å². The Balaban J connectivity index is 2.13. The van der Waals surface area contributed by atoms with Crippen molar-refractivity contribution in [3.05, 3.63) is 36.0 Å². The highest BCUT2D eigenvalue weighted by Gasteiger charge is 2.14. The molecular weight excluding hydrogens is 196 g/mol. The fourth-order valence-electron chi connectivity index (χ4n) is 2.52. The zero-order chi connectivity index (χ0) is 11.0. The molecule has 0 atom stereocenters. The van der Waals surface area contributed by atoms with Crippen LogP contribution in [0.3, 0.4) is 0 Å². The van der Waals surface area contributed by atoms with Gasteiger partial charge in [-0.1, -0.05) is 6.07 Å². The molecule has 0 radical (unpaired) electrons. The molecule has 0 N–H and O–H groups in total. The minimum absolute atomic E-state index is 1.11. The maximum atomic E-state index is 4.43. The molecule has 2 heteroatoms. The van der Waals surface area contributed by atoms with E-state index in [-0.39, 0.29) is 0 Å². The van der Waals surface area contributed by atoms with Crippen LogP contribution in [-0.2, 0) is 0 Å². The van der Waals surface area contributed by atoms with Crippen LogP contribution in [0.25, 0.3) is 10.9 Å². The summed E-state index contributed by atoms with van der Waals surface area (Å²) in [5, 5.41) is 1.24. The molecule has 1 aromatic carbocycles.